The first-order valence-electron chi connectivity index (χ1n) is 10.2. The number of anilines is 2. The summed E-state index contributed by atoms with van der Waals surface area (Å²) in [6.07, 6.45) is 3.27. The van der Waals surface area contributed by atoms with Gasteiger partial charge in [0.05, 0.1) is 11.5 Å². The molecule has 1 heterocycles. The molecule has 0 unspecified atom stereocenters. The molecular weight excluding hydrogens is 396 g/mol. The summed E-state index contributed by atoms with van der Waals surface area (Å²) in [5, 5.41) is 14.7. The van der Waals surface area contributed by atoms with Gasteiger partial charge >= 0.3 is 11.6 Å². The Bertz CT molecular complexity index is 1010. The maximum absolute atomic E-state index is 11.8. The fraction of sp³-hybridized carbons (Fsp3) is 0.304. The minimum absolute atomic E-state index is 0.0495. The molecule has 1 N–H and O–H groups in total. The van der Waals surface area contributed by atoms with Gasteiger partial charge < -0.3 is 14.8 Å². The van der Waals surface area contributed by atoms with Crippen molar-refractivity contribution < 1.29 is 14.4 Å². The van der Waals surface area contributed by atoms with E-state index in [9.17, 15) is 10.1 Å². The maximum Gasteiger partial charge on any atom is 0.373 e. The van der Waals surface area contributed by atoms with Crippen LogP contribution in [0.25, 0.3) is 0 Å². The number of nitro groups is 1. The normalized spacial score (nSPS) is 10.7. The van der Waals surface area contributed by atoms with Crippen molar-refractivity contribution in [2.24, 2.45) is 0 Å². The van der Waals surface area contributed by atoms with Gasteiger partial charge in [0.15, 0.2) is 0 Å². The van der Waals surface area contributed by atoms with E-state index in [0.29, 0.717) is 24.0 Å². The van der Waals surface area contributed by atoms with Gasteiger partial charge in [-0.25, -0.2) is 4.98 Å². The average molecular weight is 422 g/mol. The predicted octanol–water partition coefficient (Wildman–Crippen LogP) is 6.22. The van der Waals surface area contributed by atoms with Crippen molar-refractivity contribution >= 4 is 17.2 Å². The third-order valence-corrected chi connectivity index (χ3v) is 4.62. The van der Waals surface area contributed by atoms with Crippen molar-refractivity contribution in [2.45, 2.75) is 39.5 Å². The van der Waals surface area contributed by atoms with Crippen LogP contribution < -0.4 is 14.8 Å². The molecule has 0 spiro atoms. The smallest absolute Gasteiger partial charge is 0.373 e. The first kappa shape index (κ1) is 22.0. The van der Waals surface area contributed by atoms with Crippen LogP contribution in [0.15, 0.2) is 54.9 Å². The van der Waals surface area contributed by atoms with Gasteiger partial charge in [-0.05, 0) is 54.3 Å². The van der Waals surface area contributed by atoms with Crippen LogP contribution in [0.4, 0.5) is 17.2 Å². The van der Waals surface area contributed by atoms with Crippen LogP contribution in [0.2, 0.25) is 0 Å². The zero-order valence-electron chi connectivity index (χ0n) is 17.9. The third-order valence-electron chi connectivity index (χ3n) is 4.62. The highest BCUT2D eigenvalue weighted by Gasteiger charge is 2.25. The molecule has 1 aromatic heterocycles. The summed E-state index contributed by atoms with van der Waals surface area (Å²) >= 11 is 0. The van der Waals surface area contributed by atoms with E-state index in [1.165, 1.54) is 6.33 Å². The van der Waals surface area contributed by atoms with Crippen LogP contribution in [-0.2, 0) is 0 Å². The van der Waals surface area contributed by atoms with Gasteiger partial charge in [-0.15, -0.1) is 0 Å². The molecule has 0 saturated heterocycles. The molecular formula is C23H26N4O4. The molecule has 0 bridgehead atoms. The number of nitrogens with zero attached hydrogens (tertiary/aromatic N) is 3. The molecule has 0 aliphatic carbocycles. The van der Waals surface area contributed by atoms with Crippen molar-refractivity contribution in [3.8, 4) is 17.4 Å². The summed E-state index contributed by atoms with van der Waals surface area (Å²) in [5.41, 5.74) is 1.45. The summed E-state index contributed by atoms with van der Waals surface area (Å²) in [4.78, 5) is 19.2. The fourth-order valence-corrected chi connectivity index (χ4v) is 2.83. The number of unbranched alkanes of at least 4 members (excludes halogenated alkanes) is 1. The molecule has 162 valence electrons. The van der Waals surface area contributed by atoms with Gasteiger partial charge in [0.2, 0.25) is 5.82 Å². The van der Waals surface area contributed by atoms with E-state index in [4.69, 9.17) is 9.47 Å². The molecule has 0 aliphatic rings. The second-order valence-corrected chi connectivity index (χ2v) is 7.31. The molecule has 8 nitrogen and oxygen atoms in total. The molecule has 0 radical (unpaired) electrons. The Labute approximate surface area is 181 Å². The number of aromatic nitrogens is 2. The van der Waals surface area contributed by atoms with Crippen LogP contribution in [-0.4, -0.2) is 21.5 Å². The molecule has 3 rings (SSSR count). The van der Waals surface area contributed by atoms with E-state index in [2.05, 4.69) is 36.1 Å². The average Bonchev–Trinajstić information content (AvgIpc) is 2.75. The minimum Gasteiger partial charge on any atom is -0.494 e. The molecule has 0 aliphatic heterocycles. The number of hydrogen-bond donors (Lipinski definition) is 1. The first-order valence-corrected chi connectivity index (χ1v) is 10.2. The zero-order valence-corrected chi connectivity index (χ0v) is 17.9. The Hall–Kier alpha value is -3.68. The Morgan fingerprint density at radius 1 is 1.03 bits per heavy atom. The third kappa shape index (κ3) is 5.91. The van der Waals surface area contributed by atoms with E-state index < -0.39 is 4.92 Å². The zero-order chi connectivity index (χ0) is 22.2. The molecule has 2 aromatic carbocycles. The van der Waals surface area contributed by atoms with Crippen LogP contribution in [0.5, 0.6) is 17.4 Å². The Balaban J connectivity index is 1.79. The van der Waals surface area contributed by atoms with E-state index in [1.807, 2.05) is 12.1 Å². The van der Waals surface area contributed by atoms with Crippen LogP contribution >= 0.6 is 0 Å². The largest absolute Gasteiger partial charge is 0.494 e. The van der Waals surface area contributed by atoms with Gasteiger partial charge in [-0.3, -0.25) is 10.1 Å². The second kappa shape index (κ2) is 10.4. The second-order valence-electron chi connectivity index (χ2n) is 7.31. The number of nitrogens with one attached hydrogen (secondary N) is 1. The molecule has 0 saturated carbocycles. The lowest BCUT2D eigenvalue weighted by Crippen LogP contribution is -2.03. The number of rotatable bonds is 10. The summed E-state index contributed by atoms with van der Waals surface area (Å²) in [6, 6.07) is 14.6. The summed E-state index contributed by atoms with van der Waals surface area (Å²) in [6.45, 7) is 6.93. The lowest BCUT2D eigenvalue weighted by atomic mass is 10.0. The number of benzene rings is 2. The molecule has 0 amide bonds. The van der Waals surface area contributed by atoms with Crippen molar-refractivity contribution in [1.82, 2.24) is 9.97 Å². The Morgan fingerprint density at radius 3 is 2.32 bits per heavy atom. The summed E-state index contributed by atoms with van der Waals surface area (Å²) in [7, 11) is 0. The maximum atomic E-state index is 11.8. The van der Waals surface area contributed by atoms with Crippen LogP contribution in [0, 0.1) is 10.1 Å². The Kier molecular flexibility index (Phi) is 7.37. The first-order chi connectivity index (χ1) is 15.0. The molecule has 8 heteroatoms. The fourth-order valence-electron chi connectivity index (χ4n) is 2.83. The van der Waals surface area contributed by atoms with E-state index >= 15 is 0 Å². The highest BCUT2D eigenvalue weighted by Crippen LogP contribution is 2.36. The summed E-state index contributed by atoms with van der Waals surface area (Å²) < 4.78 is 11.3. The lowest BCUT2D eigenvalue weighted by Gasteiger charge is -2.11. The SMILES string of the molecule is CCCCOc1ccc(Nc2ncnc(Oc3ccc(C(C)C)cc3)c2[N+](=O)[O-])cc1. The molecule has 3 aromatic rings. The highest BCUT2D eigenvalue weighted by molar-refractivity contribution is 5.69. The molecule has 0 fully saturated rings. The van der Waals surface area contributed by atoms with Gasteiger partial charge in [0.1, 0.15) is 17.8 Å². The van der Waals surface area contributed by atoms with Gasteiger partial charge in [0, 0.05) is 5.69 Å². The minimum atomic E-state index is -0.553. The van der Waals surface area contributed by atoms with Gasteiger partial charge in [0.25, 0.3) is 0 Å². The molecule has 31 heavy (non-hydrogen) atoms. The van der Waals surface area contributed by atoms with Crippen LogP contribution in [0.1, 0.15) is 45.1 Å². The van der Waals surface area contributed by atoms with Crippen LogP contribution in [0.3, 0.4) is 0 Å². The van der Waals surface area contributed by atoms with E-state index in [0.717, 1.165) is 24.2 Å². The Morgan fingerprint density at radius 2 is 1.71 bits per heavy atom. The highest BCUT2D eigenvalue weighted by atomic mass is 16.6. The van der Waals surface area contributed by atoms with E-state index in [-0.39, 0.29) is 17.4 Å². The number of ether oxygens (including phenoxy) is 2. The van der Waals surface area contributed by atoms with Gasteiger partial charge in [-0.1, -0.05) is 39.3 Å². The van der Waals surface area contributed by atoms with Crippen molar-refractivity contribution in [3.63, 3.8) is 0 Å². The topological polar surface area (TPSA) is 99.4 Å². The quantitative estimate of drug-likeness (QED) is 0.235. The van der Waals surface area contributed by atoms with Crippen molar-refractivity contribution in [3.05, 3.63) is 70.5 Å². The lowest BCUT2D eigenvalue weighted by molar-refractivity contribution is -0.385. The van der Waals surface area contributed by atoms with E-state index in [1.54, 1.807) is 36.4 Å². The van der Waals surface area contributed by atoms with Crippen molar-refractivity contribution in [2.75, 3.05) is 11.9 Å². The summed E-state index contributed by atoms with van der Waals surface area (Å²) in [5.74, 6) is 1.50. The van der Waals surface area contributed by atoms with Crippen molar-refractivity contribution in [1.29, 1.82) is 0 Å². The monoisotopic (exact) mass is 422 g/mol. The standard InChI is InChI=1S/C23H26N4O4/c1-4-5-14-30-19-12-8-18(9-13-19)26-22-21(27(28)29)23(25-15-24-22)31-20-10-6-17(7-11-20)16(2)3/h6-13,15-16H,4-5,14H2,1-3H3,(H,24,25,26). The predicted molar refractivity (Wildman–Crippen MR) is 119 cm³/mol. The molecule has 0 atom stereocenters. The van der Waals surface area contributed by atoms with Gasteiger partial charge in [-0.2, -0.15) is 4.98 Å². The number of hydrogen-bond acceptors (Lipinski definition) is 7.